The van der Waals surface area contributed by atoms with Gasteiger partial charge in [0.05, 0.1) is 29.5 Å². The molecular weight excluding hydrogens is 500 g/mol. The molecule has 4 rings (SSSR count). The number of carbonyl (C=O) groups is 1. The van der Waals surface area contributed by atoms with Crippen LogP contribution in [0.5, 0.6) is 5.75 Å². The number of guanidine groups is 1. The van der Waals surface area contributed by atoms with Crippen molar-refractivity contribution in [2.45, 2.75) is 17.4 Å². The van der Waals surface area contributed by atoms with Crippen LogP contribution in [0.1, 0.15) is 11.4 Å². The number of methoxy groups -OCH3 is 1. The first-order valence-electron chi connectivity index (χ1n) is 11.4. The molecule has 1 aliphatic rings. The van der Waals surface area contributed by atoms with E-state index in [0.717, 1.165) is 24.6 Å². The average Bonchev–Trinajstić information content (AvgIpc) is 3.40. The molecular formula is C24H26N6O6S. The molecule has 0 fully saturated rings. The predicted molar refractivity (Wildman–Crippen MR) is 138 cm³/mol. The highest BCUT2D eigenvalue weighted by Crippen LogP contribution is 2.17. The molecule has 5 N–H and O–H groups in total. The molecule has 1 aromatic heterocycles. The monoisotopic (exact) mass is 526 g/mol. The van der Waals surface area contributed by atoms with Crippen molar-refractivity contribution in [2.75, 3.05) is 26.7 Å². The van der Waals surface area contributed by atoms with Crippen LogP contribution < -0.4 is 25.7 Å². The van der Waals surface area contributed by atoms with Crippen LogP contribution in [-0.4, -0.2) is 68.2 Å². The molecule has 0 aliphatic carbocycles. The minimum Gasteiger partial charge on any atom is -0.497 e. The molecule has 0 amide bonds. The molecule has 2 heterocycles. The second-order valence-corrected chi connectivity index (χ2v) is 9.84. The van der Waals surface area contributed by atoms with Crippen LogP contribution in [0.2, 0.25) is 0 Å². The summed E-state index contributed by atoms with van der Waals surface area (Å²) in [5.41, 5.74) is 0.687. The van der Waals surface area contributed by atoms with Crippen molar-refractivity contribution in [2.24, 2.45) is 4.99 Å². The van der Waals surface area contributed by atoms with Crippen LogP contribution in [-0.2, 0) is 21.2 Å². The van der Waals surface area contributed by atoms with Crippen LogP contribution in [0.4, 0.5) is 0 Å². The Morgan fingerprint density at radius 1 is 1.24 bits per heavy atom. The minimum atomic E-state index is -4.15. The minimum absolute atomic E-state index is 0.0414. The standard InChI is InChI=1S/C24H26N6O6S/c1-36-16-5-7-17(8-6-16)37(34,35)30-20(23(32)33)14-21-28-19-9-4-15(13-18(19)22(31)29-21)3-2-10-25-24-26-11-12-27-24/h2-9,13,20,30H,10-12,14H2,1H3,(H,32,33)(H2,25,26,27)(H,28,29,31)/t20-/m0/s1. The Hall–Kier alpha value is -4.23. The summed E-state index contributed by atoms with van der Waals surface area (Å²) in [6, 6.07) is 9.07. The Labute approximate surface area is 212 Å². The second kappa shape index (κ2) is 11.2. The molecule has 0 radical (unpaired) electrons. The van der Waals surface area contributed by atoms with Crippen molar-refractivity contribution in [1.29, 1.82) is 0 Å². The largest absolute Gasteiger partial charge is 0.497 e. The number of aromatic nitrogens is 2. The Kier molecular flexibility index (Phi) is 7.84. The summed E-state index contributed by atoms with van der Waals surface area (Å²) in [6.45, 7) is 2.12. The third kappa shape index (κ3) is 6.51. The van der Waals surface area contributed by atoms with E-state index < -0.39 is 27.6 Å². The van der Waals surface area contributed by atoms with E-state index in [2.05, 4.69) is 30.3 Å². The summed E-state index contributed by atoms with van der Waals surface area (Å²) in [6.07, 6.45) is 3.39. The number of aliphatic imine (C=N–C) groups is 1. The third-order valence-electron chi connectivity index (χ3n) is 5.51. The quantitative estimate of drug-likeness (QED) is 0.251. The molecule has 194 valence electrons. The van der Waals surface area contributed by atoms with E-state index in [1.54, 1.807) is 18.2 Å². The topological polar surface area (TPSA) is 175 Å². The molecule has 2 aromatic carbocycles. The van der Waals surface area contributed by atoms with Crippen molar-refractivity contribution < 1.29 is 23.1 Å². The number of carboxylic acid groups (broad SMARTS) is 1. The lowest BCUT2D eigenvalue weighted by molar-refractivity contribution is -0.139. The van der Waals surface area contributed by atoms with E-state index in [4.69, 9.17) is 4.74 Å². The van der Waals surface area contributed by atoms with E-state index in [1.807, 2.05) is 12.2 Å². The second-order valence-electron chi connectivity index (χ2n) is 8.12. The summed E-state index contributed by atoms with van der Waals surface area (Å²) in [7, 11) is -2.71. The van der Waals surface area contributed by atoms with Crippen molar-refractivity contribution in [3.05, 3.63) is 70.3 Å². The fourth-order valence-electron chi connectivity index (χ4n) is 3.65. The maximum Gasteiger partial charge on any atom is 0.322 e. The smallest absolute Gasteiger partial charge is 0.322 e. The highest BCUT2D eigenvalue weighted by atomic mass is 32.2. The molecule has 0 bridgehead atoms. The van der Waals surface area contributed by atoms with Crippen molar-refractivity contribution >= 4 is 38.9 Å². The zero-order valence-corrected chi connectivity index (χ0v) is 20.7. The highest BCUT2D eigenvalue weighted by molar-refractivity contribution is 7.89. The zero-order chi connectivity index (χ0) is 26.4. The lowest BCUT2D eigenvalue weighted by atomic mass is 10.1. The fraction of sp³-hybridized carbons (Fsp3) is 0.250. The highest BCUT2D eigenvalue weighted by Gasteiger charge is 2.27. The van der Waals surface area contributed by atoms with Crippen molar-refractivity contribution in [3.63, 3.8) is 0 Å². The van der Waals surface area contributed by atoms with Gasteiger partial charge in [0, 0.05) is 19.5 Å². The number of fused-ring (bicyclic) bond motifs is 1. The van der Waals surface area contributed by atoms with Gasteiger partial charge in [-0.1, -0.05) is 18.2 Å². The number of hydrogen-bond donors (Lipinski definition) is 5. The van der Waals surface area contributed by atoms with Crippen molar-refractivity contribution in [3.8, 4) is 5.75 Å². The van der Waals surface area contributed by atoms with E-state index in [9.17, 15) is 23.1 Å². The maximum atomic E-state index is 12.7. The third-order valence-corrected chi connectivity index (χ3v) is 7.00. The maximum absolute atomic E-state index is 12.7. The van der Waals surface area contributed by atoms with Gasteiger partial charge in [-0.15, -0.1) is 0 Å². The Bertz CT molecular complexity index is 1510. The van der Waals surface area contributed by atoms with Gasteiger partial charge in [0.2, 0.25) is 10.0 Å². The van der Waals surface area contributed by atoms with E-state index in [-0.39, 0.29) is 17.1 Å². The van der Waals surface area contributed by atoms with Crippen LogP contribution in [0.15, 0.2) is 63.2 Å². The summed E-state index contributed by atoms with van der Waals surface area (Å²) in [4.78, 5) is 35.6. The van der Waals surface area contributed by atoms with Gasteiger partial charge < -0.3 is 25.5 Å². The number of H-pyrrole nitrogens is 1. The van der Waals surface area contributed by atoms with E-state index >= 15 is 0 Å². The van der Waals surface area contributed by atoms with Crippen LogP contribution in [0.25, 0.3) is 17.0 Å². The summed E-state index contributed by atoms with van der Waals surface area (Å²) in [5.74, 6) is -0.159. The predicted octanol–water partition coefficient (Wildman–Crippen LogP) is 0.468. The number of sulfonamides is 1. The number of aromatic amines is 1. The molecule has 13 heteroatoms. The Morgan fingerprint density at radius 2 is 2.03 bits per heavy atom. The van der Waals surface area contributed by atoms with Gasteiger partial charge in [0.1, 0.15) is 17.6 Å². The number of nitrogens with zero attached hydrogens (tertiary/aromatic N) is 2. The first kappa shape index (κ1) is 25.9. The van der Waals surface area contributed by atoms with Gasteiger partial charge in [0.15, 0.2) is 5.96 Å². The fourth-order valence-corrected chi connectivity index (χ4v) is 4.84. The van der Waals surface area contributed by atoms with Gasteiger partial charge in [-0.25, -0.2) is 13.4 Å². The lowest BCUT2D eigenvalue weighted by Crippen LogP contribution is -2.42. The van der Waals surface area contributed by atoms with Gasteiger partial charge in [0.25, 0.3) is 5.56 Å². The molecule has 0 unspecified atom stereocenters. The first-order chi connectivity index (χ1) is 17.7. The molecule has 0 saturated heterocycles. The van der Waals surface area contributed by atoms with Gasteiger partial charge in [-0.3, -0.25) is 14.6 Å². The molecule has 0 saturated carbocycles. The molecule has 37 heavy (non-hydrogen) atoms. The molecule has 3 aromatic rings. The van der Waals surface area contributed by atoms with Gasteiger partial charge in [-0.05, 0) is 42.0 Å². The molecule has 1 atom stereocenters. The van der Waals surface area contributed by atoms with Crippen LogP contribution in [0.3, 0.4) is 0 Å². The zero-order valence-electron chi connectivity index (χ0n) is 19.9. The average molecular weight is 527 g/mol. The van der Waals surface area contributed by atoms with Gasteiger partial charge >= 0.3 is 5.97 Å². The molecule has 12 nitrogen and oxygen atoms in total. The normalized spacial score (nSPS) is 14.4. The number of rotatable bonds is 10. The number of aliphatic carboxylic acids is 1. The van der Waals surface area contributed by atoms with E-state index in [0.29, 0.717) is 23.2 Å². The van der Waals surface area contributed by atoms with E-state index in [1.165, 1.54) is 31.4 Å². The van der Waals surface area contributed by atoms with Crippen LogP contribution in [0, 0.1) is 0 Å². The lowest BCUT2D eigenvalue weighted by Gasteiger charge is -2.15. The Balaban J connectivity index is 1.48. The summed E-state index contributed by atoms with van der Waals surface area (Å²) >= 11 is 0. The van der Waals surface area contributed by atoms with Gasteiger partial charge in [-0.2, -0.15) is 4.72 Å². The van der Waals surface area contributed by atoms with Crippen molar-refractivity contribution in [1.82, 2.24) is 25.3 Å². The number of benzene rings is 2. The number of carboxylic acids is 1. The number of ether oxygens (including phenoxy) is 1. The summed E-state index contributed by atoms with van der Waals surface area (Å²) < 4.78 is 32.6. The first-order valence-corrected chi connectivity index (χ1v) is 12.8. The van der Waals surface area contributed by atoms with Crippen LogP contribution >= 0.6 is 0 Å². The summed E-state index contributed by atoms with van der Waals surface area (Å²) in [5, 5.41) is 16.2. The number of hydrogen-bond acceptors (Lipinski definition) is 9. The SMILES string of the molecule is COc1ccc(S(=O)(=O)N[C@@H](Cc2nc3ccc(C=CCNC4=NCCN4)cc3c(=O)[nH]2)C(=O)O)cc1. The number of nitrogens with one attached hydrogen (secondary N) is 4. The Morgan fingerprint density at radius 3 is 2.70 bits per heavy atom. The molecule has 0 spiro atoms. The molecule has 1 aliphatic heterocycles.